The van der Waals surface area contributed by atoms with E-state index in [9.17, 15) is 4.79 Å². The molecule has 0 aliphatic carbocycles. The molecule has 1 atom stereocenters. The van der Waals surface area contributed by atoms with E-state index < -0.39 is 0 Å². The molecule has 5 nitrogen and oxygen atoms in total. The molecule has 2 heterocycles. The third-order valence-corrected chi connectivity index (χ3v) is 5.20. The van der Waals surface area contributed by atoms with E-state index in [0.29, 0.717) is 12.3 Å². The molecule has 0 saturated heterocycles. The molecule has 26 heavy (non-hydrogen) atoms. The monoisotopic (exact) mass is 367 g/mol. The van der Waals surface area contributed by atoms with Crippen molar-refractivity contribution < 1.29 is 9.53 Å². The predicted octanol–water partition coefficient (Wildman–Crippen LogP) is 3.59. The molecule has 1 amide bonds. The van der Waals surface area contributed by atoms with Gasteiger partial charge in [0.2, 0.25) is 11.8 Å². The number of methoxy groups -OCH3 is 1. The highest BCUT2D eigenvalue weighted by Gasteiger charge is 2.22. The smallest absolute Gasteiger partial charge is 0.230 e. The molecule has 6 heteroatoms. The van der Waals surface area contributed by atoms with Gasteiger partial charge in [-0.3, -0.25) is 4.79 Å². The number of aromatic nitrogens is 2. The van der Waals surface area contributed by atoms with E-state index in [4.69, 9.17) is 4.74 Å². The van der Waals surface area contributed by atoms with Crippen molar-refractivity contribution in [2.75, 3.05) is 14.2 Å². The Balaban J connectivity index is 1.82. The van der Waals surface area contributed by atoms with Gasteiger partial charge in [0.1, 0.15) is 5.01 Å². The summed E-state index contributed by atoms with van der Waals surface area (Å²) in [5.74, 6) is 0.328. The average Bonchev–Trinajstić information content (AvgIpc) is 3.20. The number of hydrogen-bond acceptors (Lipinski definition) is 5. The quantitative estimate of drug-likeness (QED) is 0.723. The van der Waals surface area contributed by atoms with Crippen LogP contribution in [0.5, 0.6) is 5.88 Å². The van der Waals surface area contributed by atoms with Crippen molar-refractivity contribution in [3.63, 3.8) is 0 Å². The van der Waals surface area contributed by atoms with Gasteiger partial charge in [-0.1, -0.05) is 24.3 Å². The van der Waals surface area contributed by atoms with Gasteiger partial charge < -0.3 is 10.1 Å². The standard InChI is InChI=1S/C20H21N3O2S/c1-13-10-18(25-3)23-12-17(13)15-6-4-14(5-7-15)11-16(19(24)21-2)20-22-8-9-26-20/h4-10,12,16H,11H2,1-3H3,(H,21,24)/t16-/m0/s1. The summed E-state index contributed by atoms with van der Waals surface area (Å²) in [5.41, 5.74) is 4.36. The zero-order valence-corrected chi connectivity index (χ0v) is 15.8. The van der Waals surface area contributed by atoms with E-state index in [1.165, 1.54) is 11.3 Å². The lowest BCUT2D eigenvalue weighted by atomic mass is 9.96. The Morgan fingerprint density at radius 2 is 2.04 bits per heavy atom. The molecular weight excluding hydrogens is 346 g/mol. The number of pyridine rings is 1. The highest BCUT2D eigenvalue weighted by molar-refractivity contribution is 7.09. The van der Waals surface area contributed by atoms with Gasteiger partial charge in [-0.25, -0.2) is 9.97 Å². The molecule has 0 fully saturated rings. The summed E-state index contributed by atoms with van der Waals surface area (Å²) in [6.45, 7) is 2.04. The molecule has 0 spiro atoms. The van der Waals surface area contributed by atoms with Gasteiger partial charge in [0.15, 0.2) is 0 Å². The number of benzene rings is 1. The molecule has 0 saturated carbocycles. The SMILES string of the molecule is CNC(=O)[C@H](Cc1ccc(-c2cnc(OC)cc2C)cc1)c1nccs1. The van der Waals surface area contributed by atoms with Crippen molar-refractivity contribution in [1.29, 1.82) is 0 Å². The number of rotatable bonds is 6. The van der Waals surface area contributed by atoms with Crippen LogP contribution >= 0.6 is 11.3 Å². The lowest BCUT2D eigenvalue weighted by Crippen LogP contribution is -2.27. The molecule has 1 aromatic carbocycles. The van der Waals surface area contributed by atoms with Crippen LogP contribution in [0.2, 0.25) is 0 Å². The topological polar surface area (TPSA) is 64.1 Å². The van der Waals surface area contributed by atoms with E-state index in [0.717, 1.165) is 27.3 Å². The zero-order valence-electron chi connectivity index (χ0n) is 15.0. The second kappa shape index (κ2) is 8.10. The number of ether oxygens (including phenoxy) is 1. The summed E-state index contributed by atoms with van der Waals surface area (Å²) in [6, 6.07) is 10.2. The molecular formula is C20H21N3O2S. The van der Waals surface area contributed by atoms with Crippen molar-refractivity contribution >= 4 is 17.2 Å². The second-order valence-corrected chi connectivity index (χ2v) is 6.91. The molecule has 0 radical (unpaired) electrons. The summed E-state index contributed by atoms with van der Waals surface area (Å²) in [6.07, 6.45) is 4.18. The maximum absolute atomic E-state index is 12.2. The Kier molecular flexibility index (Phi) is 5.63. The third-order valence-electron chi connectivity index (χ3n) is 4.31. The molecule has 3 rings (SSSR count). The van der Waals surface area contributed by atoms with Gasteiger partial charge in [-0.15, -0.1) is 11.3 Å². The number of amides is 1. The van der Waals surface area contributed by atoms with Gasteiger partial charge in [-0.05, 0) is 30.0 Å². The van der Waals surface area contributed by atoms with Crippen molar-refractivity contribution in [3.8, 4) is 17.0 Å². The Morgan fingerprint density at radius 1 is 1.27 bits per heavy atom. The molecule has 3 aromatic rings. The summed E-state index contributed by atoms with van der Waals surface area (Å²) >= 11 is 1.51. The van der Waals surface area contributed by atoms with Gasteiger partial charge >= 0.3 is 0 Å². The van der Waals surface area contributed by atoms with Gasteiger partial charge in [0.05, 0.1) is 13.0 Å². The molecule has 0 aliphatic heterocycles. The number of thiazole rings is 1. The summed E-state index contributed by atoms with van der Waals surface area (Å²) in [5, 5.41) is 5.47. The van der Waals surface area contributed by atoms with E-state index in [1.807, 2.05) is 24.6 Å². The fourth-order valence-corrected chi connectivity index (χ4v) is 3.61. The van der Waals surface area contributed by atoms with Crippen LogP contribution in [0.4, 0.5) is 0 Å². The fraction of sp³-hybridized carbons (Fsp3) is 0.250. The summed E-state index contributed by atoms with van der Waals surface area (Å²) in [7, 11) is 3.27. The lowest BCUT2D eigenvalue weighted by molar-refractivity contribution is -0.122. The van der Waals surface area contributed by atoms with Gasteiger partial charge in [0, 0.05) is 36.5 Å². The van der Waals surface area contributed by atoms with Crippen LogP contribution in [0, 0.1) is 6.92 Å². The van der Waals surface area contributed by atoms with E-state index in [1.54, 1.807) is 20.4 Å². The van der Waals surface area contributed by atoms with Crippen LogP contribution in [0.25, 0.3) is 11.1 Å². The van der Waals surface area contributed by atoms with Crippen molar-refractivity contribution in [3.05, 3.63) is 64.2 Å². The van der Waals surface area contributed by atoms with E-state index in [-0.39, 0.29) is 11.8 Å². The molecule has 2 aromatic heterocycles. The molecule has 134 valence electrons. The first-order chi connectivity index (χ1) is 12.6. The summed E-state index contributed by atoms with van der Waals surface area (Å²) in [4.78, 5) is 20.8. The molecule has 1 N–H and O–H groups in total. The van der Waals surface area contributed by atoms with Gasteiger partial charge in [0.25, 0.3) is 0 Å². The first-order valence-electron chi connectivity index (χ1n) is 8.33. The summed E-state index contributed by atoms with van der Waals surface area (Å²) < 4.78 is 5.16. The molecule has 0 bridgehead atoms. The number of carbonyl (C=O) groups is 1. The van der Waals surface area contributed by atoms with Crippen molar-refractivity contribution in [2.24, 2.45) is 0 Å². The number of likely N-dealkylation sites (N-methyl/N-ethyl adjacent to an activating group) is 1. The Morgan fingerprint density at radius 3 is 2.62 bits per heavy atom. The Hall–Kier alpha value is -2.73. The fourth-order valence-electron chi connectivity index (χ4n) is 2.87. The molecule has 0 aliphatic rings. The Labute approximate surface area is 157 Å². The van der Waals surface area contributed by atoms with Crippen molar-refractivity contribution in [2.45, 2.75) is 19.3 Å². The number of carbonyl (C=O) groups excluding carboxylic acids is 1. The van der Waals surface area contributed by atoms with Crippen LogP contribution in [-0.4, -0.2) is 30.0 Å². The van der Waals surface area contributed by atoms with Crippen LogP contribution in [-0.2, 0) is 11.2 Å². The zero-order chi connectivity index (χ0) is 18.5. The number of hydrogen-bond donors (Lipinski definition) is 1. The highest BCUT2D eigenvalue weighted by atomic mass is 32.1. The minimum atomic E-state index is -0.268. The third kappa shape index (κ3) is 3.91. The van der Waals surface area contributed by atoms with Crippen LogP contribution in [0.15, 0.2) is 48.1 Å². The highest BCUT2D eigenvalue weighted by Crippen LogP contribution is 2.27. The molecule has 0 unspecified atom stereocenters. The predicted molar refractivity (Wildman–Crippen MR) is 104 cm³/mol. The number of aryl methyl sites for hydroxylation is 1. The second-order valence-electron chi connectivity index (χ2n) is 5.98. The van der Waals surface area contributed by atoms with Crippen molar-refractivity contribution in [1.82, 2.24) is 15.3 Å². The van der Waals surface area contributed by atoms with E-state index in [2.05, 4.69) is 39.6 Å². The van der Waals surface area contributed by atoms with Gasteiger partial charge in [-0.2, -0.15) is 0 Å². The largest absolute Gasteiger partial charge is 0.481 e. The number of nitrogens with one attached hydrogen (secondary N) is 1. The minimum Gasteiger partial charge on any atom is -0.481 e. The van der Waals surface area contributed by atoms with Crippen LogP contribution < -0.4 is 10.1 Å². The average molecular weight is 367 g/mol. The van der Waals surface area contributed by atoms with E-state index >= 15 is 0 Å². The number of nitrogens with zero attached hydrogens (tertiary/aromatic N) is 2. The lowest BCUT2D eigenvalue weighted by Gasteiger charge is -2.14. The normalized spacial score (nSPS) is 11.8. The first-order valence-corrected chi connectivity index (χ1v) is 9.21. The van der Waals surface area contributed by atoms with Crippen LogP contribution in [0.1, 0.15) is 22.1 Å². The Bertz CT molecular complexity index is 877. The maximum Gasteiger partial charge on any atom is 0.230 e. The maximum atomic E-state index is 12.2. The minimum absolute atomic E-state index is 0.0146. The first kappa shape index (κ1) is 18.1. The van der Waals surface area contributed by atoms with Crippen LogP contribution in [0.3, 0.4) is 0 Å².